The number of anilines is 1. The Labute approximate surface area is 123 Å². The second-order valence-electron chi connectivity index (χ2n) is 5.28. The minimum absolute atomic E-state index is 0.0503. The fourth-order valence-corrected chi connectivity index (χ4v) is 2.89. The molecule has 5 nitrogen and oxygen atoms in total. The SMILES string of the molecule is CCOC(=O)C1CCCN(c2cnnc3ccccc23)C1. The van der Waals surface area contributed by atoms with Gasteiger partial charge in [-0.15, -0.1) is 0 Å². The molecule has 110 valence electrons. The van der Waals surface area contributed by atoms with Gasteiger partial charge in [0.15, 0.2) is 0 Å². The minimum atomic E-state index is -0.0893. The molecule has 2 aromatic rings. The Hall–Kier alpha value is -2.17. The van der Waals surface area contributed by atoms with E-state index in [0.717, 1.165) is 36.0 Å². The van der Waals surface area contributed by atoms with Crippen molar-refractivity contribution in [2.45, 2.75) is 19.8 Å². The van der Waals surface area contributed by atoms with Crippen molar-refractivity contribution in [1.82, 2.24) is 10.2 Å². The molecule has 1 aromatic carbocycles. The molecule has 0 N–H and O–H groups in total. The maximum absolute atomic E-state index is 12.0. The number of carbonyl (C=O) groups excluding carboxylic acids is 1. The number of carbonyl (C=O) groups is 1. The normalized spacial score (nSPS) is 18.7. The highest BCUT2D eigenvalue weighted by Gasteiger charge is 2.27. The van der Waals surface area contributed by atoms with Gasteiger partial charge in [-0.25, -0.2) is 0 Å². The monoisotopic (exact) mass is 285 g/mol. The van der Waals surface area contributed by atoms with Gasteiger partial charge in [-0.2, -0.15) is 10.2 Å². The Morgan fingerprint density at radius 3 is 3.14 bits per heavy atom. The van der Waals surface area contributed by atoms with Crippen molar-refractivity contribution < 1.29 is 9.53 Å². The molecule has 1 aliphatic rings. The fraction of sp³-hybridized carbons (Fsp3) is 0.438. The zero-order valence-electron chi connectivity index (χ0n) is 12.2. The number of rotatable bonds is 3. The van der Waals surface area contributed by atoms with Crippen LogP contribution >= 0.6 is 0 Å². The van der Waals surface area contributed by atoms with Gasteiger partial charge in [0.05, 0.1) is 29.9 Å². The lowest BCUT2D eigenvalue weighted by molar-refractivity contribution is -0.148. The lowest BCUT2D eigenvalue weighted by Gasteiger charge is -2.33. The Bertz CT molecular complexity index is 639. The molecule has 0 bridgehead atoms. The van der Waals surface area contributed by atoms with Crippen LogP contribution in [-0.4, -0.2) is 35.9 Å². The van der Waals surface area contributed by atoms with E-state index in [2.05, 4.69) is 15.1 Å². The molecule has 1 atom stereocenters. The molecular formula is C16H19N3O2. The van der Waals surface area contributed by atoms with E-state index in [1.54, 1.807) is 6.20 Å². The van der Waals surface area contributed by atoms with E-state index in [0.29, 0.717) is 13.2 Å². The van der Waals surface area contributed by atoms with Gasteiger partial charge in [-0.05, 0) is 25.8 Å². The van der Waals surface area contributed by atoms with Crippen LogP contribution in [0.1, 0.15) is 19.8 Å². The Morgan fingerprint density at radius 1 is 1.43 bits per heavy atom. The van der Waals surface area contributed by atoms with Crippen LogP contribution in [0.2, 0.25) is 0 Å². The van der Waals surface area contributed by atoms with E-state index < -0.39 is 0 Å². The Kier molecular flexibility index (Phi) is 3.99. The van der Waals surface area contributed by atoms with E-state index in [-0.39, 0.29) is 11.9 Å². The van der Waals surface area contributed by atoms with Crippen molar-refractivity contribution in [1.29, 1.82) is 0 Å². The Morgan fingerprint density at radius 2 is 2.29 bits per heavy atom. The predicted octanol–water partition coefficient (Wildman–Crippen LogP) is 2.41. The highest BCUT2D eigenvalue weighted by atomic mass is 16.5. The van der Waals surface area contributed by atoms with Crippen LogP contribution in [0.25, 0.3) is 10.9 Å². The topological polar surface area (TPSA) is 55.3 Å². The van der Waals surface area contributed by atoms with Crippen LogP contribution in [-0.2, 0) is 9.53 Å². The largest absolute Gasteiger partial charge is 0.466 e. The van der Waals surface area contributed by atoms with Gasteiger partial charge in [0.2, 0.25) is 0 Å². The summed E-state index contributed by atoms with van der Waals surface area (Å²) in [5.41, 5.74) is 1.93. The van der Waals surface area contributed by atoms with Gasteiger partial charge < -0.3 is 9.64 Å². The molecule has 0 spiro atoms. The molecule has 0 saturated carbocycles. The molecule has 0 radical (unpaired) electrons. The summed E-state index contributed by atoms with van der Waals surface area (Å²) in [5.74, 6) is -0.140. The van der Waals surface area contributed by atoms with Crippen molar-refractivity contribution in [3.8, 4) is 0 Å². The van der Waals surface area contributed by atoms with Gasteiger partial charge in [-0.3, -0.25) is 4.79 Å². The minimum Gasteiger partial charge on any atom is -0.466 e. The lowest BCUT2D eigenvalue weighted by Crippen LogP contribution is -2.39. The maximum atomic E-state index is 12.0. The van der Waals surface area contributed by atoms with Crippen molar-refractivity contribution in [2.24, 2.45) is 5.92 Å². The third-order valence-electron chi connectivity index (χ3n) is 3.91. The predicted molar refractivity (Wildman–Crippen MR) is 81.1 cm³/mol. The van der Waals surface area contributed by atoms with Crippen LogP contribution < -0.4 is 4.90 Å². The Balaban J connectivity index is 1.87. The first-order chi connectivity index (χ1) is 10.3. The molecule has 0 amide bonds. The number of esters is 1. The van der Waals surface area contributed by atoms with Gasteiger partial charge in [0.1, 0.15) is 0 Å². The highest BCUT2D eigenvalue weighted by molar-refractivity contribution is 5.91. The highest BCUT2D eigenvalue weighted by Crippen LogP contribution is 2.28. The standard InChI is InChI=1S/C16H19N3O2/c1-2-21-16(20)12-6-5-9-19(11-12)15-10-17-18-14-8-4-3-7-13(14)15/h3-4,7-8,10,12H,2,5-6,9,11H2,1H3. The summed E-state index contributed by atoms with van der Waals surface area (Å²) >= 11 is 0. The van der Waals surface area contributed by atoms with Gasteiger partial charge in [0.25, 0.3) is 0 Å². The fourth-order valence-electron chi connectivity index (χ4n) is 2.89. The first-order valence-corrected chi connectivity index (χ1v) is 7.41. The first-order valence-electron chi connectivity index (χ1n) is 7.41. The summed E-state index contributed by atoms with van der Waals surface area (Å²) in [4.78, 5) is 14.2. The molecule has 1 saturated heterocycles. The molecule has 5 heteroatoms. The molecule has 1 aliphatic heterocycles. The van der Waals surface area contributed by atoms with E-state index in [4.69, 9.17) is 4.74 Å². The van der Waals surface area contributed by atoms with Gasteiger partial charge in [-0.1, -0.05) is 18.2 Å². The number of benzene rings is 1. The number of fused-ring (bicyclic) bond motifs is 1. The molecule has 1 fully saturated rings. The quantitative estimate of drug-likeness (QED) is 0.811. The van der Waals surface area contributed by atoms with Crippen molar-refractivity contribution >= 4 is 22.6 Å². The van der Waals surface area contributed by atoms with Crippen LogP contribution in [0.3, 0.4) is 0 Å². The van der Waals surface area contributed by atoms with Crippen molar-refractivity contribution in [2.75, 3.05) is 24.6 Å². The summed E-state index contributed by atoms with van der Waals surface area (Å²) < 4.78 is 5.16. The average Bonchev–Trinajstić information content (AvgIpc) is 2.55. The molecule has 3 rings (SSSR count). The van der Waals surface area contributed by atoms with Crippen LogP contribution in [0.5, 0.6) is 0 Å². The van der Waals surface area contributed by atoms with Gasteiger partial charge in [0, 0.05) is 18.5 Å². The molecule has 1 unspecified atom stereocenters. The third kappa shape index (κ3) is 2.82. The molecule has 21 heavy (non-hydrogen) atoms. The molecule has 1 aromatic heterocycles. The number of nitrogens with zero attached hydrogens (tertiary/aromatic N) is 3. The summed E-state index contributed by atoms with van der Waals surface area (Å²) in [6, 6.07) is 7.96. The maximum Gasteiger partial charge on any atom is 0.310 e. The summed E-state index contributed by atoms with van der Waals surface area (Å²) in [5, 5.41) is 9.32. The van der Waals surface area contributed by atoms with E-state index >= 15 is 0 Å². The average molecular weight is 285 g/mol. The van der Waals surface area contributed by atoms with E-state index in [1.807, 2.05) is 31.2 Å². The van der Waals surface area contributed by atoms with Crippen LogP contribution in [0.15, 0.2) is 30.5 Å². The smallest absolute Gasteiger partial charge is 0.310 e. The third-order valence-corrected chi connectivity index (χ3v) is 3.91. The summed E-state index contributed by atoms with van der Waals surface area (Å²) in [6.07, 6.45) is 3.67. The summed E-state index contributed by atoms with van der Waals surface area (Å²) in [6.45, 7) is 3.91. The number of aromatic nitrogens is 2. The van der Waals surface area contributed by atoms with Gasteiger partial charge >= 0.3 is 5.97 Å². The van der Waals surface area contributed by atoms with Crippen molar-refractivity contribution in [3.05, 3.63) is 30.5 Å². The molecular weight excluding hydrogens is 266 g/mol. The molecule has 2 heterocycles. The summed E-state index contributed by atoms with van der Waals surface area (Å²) in [7, 11) is 0. The number of hydrogen-bond donors (Lipinski definition) is 0. The second kappa shape index (κ2) is 6.08. The first kappa shape index (κ1) is 13.8. The zero-order chi connectivity index (χ0) is 14.7. The number of piperidine rings is 1. The number of hydrogen-bond acceptors (Lipinski definition) is 5. The van der Waals surface area contributed by atoms with Crippen LogP contribution in [0.4, 0.5) is 5.69 Å². The molecule has 0 aliphatic carbocycles. The lowest BCUT2D eigenvalue weighted by atomic mass is 9.97. The van der Waals surface area contributed by atoms with Crippen LogP contribution in [0, 0.1) is 5.92 Å². The second-order valence-corrected chi connectivity index (χ2v) is 5.28. The van der Waals surface area contributed by atoms with E-state index in [9.17, 15) is 4.79 Å². The number of ether oxygens (including phenoxy) is 1. The van der Waals surface area contributed by atoms with E-state index in [1.165, 1.54) is 0 Å². The zero-order valence-corrected chi connectivity index (χ0v) is 12.2. The van der Waals surface area contributed by atoms with Crippen molar-refractivity contribution in [3.63, 3.8) is 0 Å².